The van der Waals surface area contributed by atoms with Gasteiger partial charge in [-0.25, -0.2) is 9.50 Å². The van der Waals surface area contributed by atoms with Crippen molar-refractivity contribution in [1.82, 2.24) is 19.5 Å². The number of rotatable bonds is 7. The largest absolute Gasteiger partial charge is 0.457 e. The molecule has 184 valence electrons. The molecule has 36 heavy (non-hydrogen) atoms. The van der Waals surface area contributed by atoms with Gasteiger partial charge in [-0.2, -0.15) is 0 Å². The minimum atomic E-state index is -0.561. The van der Waals surface area contributed by atoms with E-state index in [2.05, 4.69) is 11.7 Å². The predicted octanol–water partition coefficient (Wildman–Crippen LogP) is 4.75. The number of hydrogen-bond acceptors (Lipinski definition) is 4. The number of carbonyl (C=O) groups is 2. The lowest BCUT2D eigenvalue weighted by atomic mass is 9.90. The van der Waals surface area contributed by atoms with Gasteiger partial charge in [0, 0.05) is 30.4 Å². The second-order valence-corrected chi connectivity index (χ2v) is 9.12. The van der Waals surface area contributed by atoms with E-state index < -0.39 is 5.91 Å². The van der Waals surface area contributed by atoms with Gasteiger partial charge in [-0.1, -0.05) is 31.2 Å². The zero-order valence-corrected chi connectivity index (χ0v) is 20.2. The Hall–Kier alpha value is -4.33. The maximum atomic E-state index is 12.5. The maximum Gasteiger partial charge on any atom is 0.269 e. The first kappa shape index (κ1) is 23.4. The zero-order valence-electron chi connectivity index (χ0n) is 20.2. The molecule has 8 nitrogen and oxygen atoms in total. The van der Waals surface area contributed by atoms with E-state index in [1.807, 2.05) is 72.6 Å². The Morgan fingerprint density at radius 1 is 1.11 bits per heavy atom. The summed E-state index contributed by atoms with van der Waals surface area (Å²) >= 11 is 0. The summed E-state index contributed by atoms with van der Waals surface area (Å²) < 4.78 is 7.55. The van der Waals surface area contributed by atoms with Crippen molar-refractivity contribution in [1.29, 1.82) is 0 Å². The lowest BCUT2D eigenvalue weighted by molar-refractivity contribution is -0.134. The van der Waals surface area contributed by atoms with Crippen molar-refractivity contribution in [3.63, 3.8) is 0 Å². The molecule has 0 spiro atoms. The van der Waals surface area contributed by atoms with Gasteiger partial charge in [-0.15, -0.1) is 6.58 Å². The van der Waals surface area contributed by atoms with E-state index in [1.54, 1.807) is 10.6 Å². The molecular formula is C28H29N5O3. The Balaban J connectivity index is 1.40. The summed E-state index contributed by atoms with van der Waals surface area (Å²) in [4.78, 5) is 31.7. The Bertz CT molecular complexity index is 1400. The number of H-pyrrole nitrogens is 1. The number of primary amides is 1. The number of nitrogens with zero attached hydrogens (tertiary/aromatic N) is 3. The van der Waals surface area contributed by atoms with Crippen molar-refractivity contribution >= 4 is 17.5 Å². The number of fused-ring (bicyclic) bond motifs is 1. The molecule has 2 aromatic carbocycles. The van der Waals surface area contributed by atoms with Gasteiger partial charge in [0.15, 0.2) is 11.3 Å². The second kappa shape index (κ2) is 9.73. The Morgan fingerprint density at radius 3 is 2.42 bits per heavy atom. The molecule has 1 aliphatic rings. The van der Waals surface area contributed by atoms with Crippen molar-refractivity contribution in [2.45, 2.75) is 25.7 Å². The van der Waals surface area contributed by atoms with E-state index in [1.165, 1.54) is 0 Å². The van der Waals surface area contributed by atoms with Crippen LogP contribution in [0.25, 0.3) is 16.9 Å². The number of likely N-dealkylation sites (tertiary alicyclic amines) is 1. The van der Waals surface area contributed by atoms with Crippen molar-refractivity contribution in [2.24, 2.45) is 11.7 Å². The summed E-state index contributed by atoms with van der Waals surface area (Å²) in [6.45, 7) is 6.96. The van der Waals surface area contributed by atoms with Crippen molar-refractivity contribution in [2.75, 3.05) is 13.1 Å². The van der Waals surface area contributed by atoms with Crippen LogP contribution in [-0.2, 0) is 4.79 Å². The van der Waals surface area contributed by atoms with Crippen molar-refractivity contribution in [3.05, 3.63) is 84.7 Å². The minimum absolute atomic E-state index is 0.112. The van der Waals surface area contributed by atoms with Gasteiger partial charge in [0.1, 0.15) is 17.2 Å². The molecular weight excluding hydrogens is 454 g/mol. The van der Waals surface area contributed by atoms with E-state index in [9.17, 15) is 9.59 Å². The summed E-state index contributed by atoms with van der Waals surface area (Å²) in [7, 11) is 0. The first-order chi connectivity index (χ1) is 17.5. The monoisotopic (exact) mass is 483 g/mol. The van der Waals surface area contributed by atoms with Gasteiger partial charge in [-0.3, -0.25) is 14.7 Å². The number of para-hydroxylation sites is 1. The van der Waals surface area contributed by atoms with Gasteiger partial charge in [-0.05, 0) is 55.2 Å². The van der Waals surface area contributed by atoms with Gasteiger partial charge < -0.3 is 15.4 Å². The zero-order chi connectivity index (χ0) is 25.2. The van der Waals surface area contributed by atoms with Crippen LogP contribution in [-0.4, -0.2) is 44.4 Å². The van der Waals surface area contributed by atoms with E-state index in [0.29, 0.717) is 35.9 Å². The Kier molecular flexibility index (Phi) is 6.33. The number of carbonyl (C=O) groups excluding carboxylic acids is 2. The quantitative estimate of drug-likeness (QED) is 0.370. The summed E-state index contributed by atoms with van der Waals surface area (Å²) in [5.41, 5.74) is 9.09. The van der Waals surface area contributed by atoms with Crippen LogP contribution in [0, 0.1) is 5.92 Å². The van der Waals surface area contributed by atoms with Crippen LogP contribution < -0.4 is 10.5 Å². The van der Waals surface area contributed by atoms with Crippen LogP contribution in [0.1, 0.15) is 41.7 Å². The lowest BCUT2D eigenvalue weighted by Gasteiger charge is -2.32. The highest BCUT2D eigenvalue weighted by Gasteiger charge is 2.29. The molecule has 8 heteroatoms. The molecule has 1 saturated heterocycles. The molecule has 1 aliphatic heterocycles. The Morgan fingerprint density at radius 2 is 1.78 bits per heavy atom. The van der Waals surface area contributed by atoms with E-state index in [0.717, 1.165) is 29.7 Å². The number of aromatic amines is 1. The summed E-state index contributed by atoms with van der Waals surface area (Å²) in [6, 6.07) is 17.0. The average Bonchev–Trinajstić information content (AvgIpc) is 3.48. The molecule has 3 heterocycles. The molecule has 1 unspecified atom stereocenters. The van der Waals surface area contributed by atoms with Gasteiger partial charge in [0.05, 0.1) is 5.92 Å². The molecule has 0 saturated carbocycles. The first-order valence-corrected chi connectivity index (χ1v) is 12.1. The van der Waals surface area contributed by atoms with Crippen LogP contribution in [0.3, 0.4) is 0 Å². The summed E-state index contributed by atoms with van der Waals surface area (Å²) in [6.07, 6.45) is 5.22. The topological polar surface area (TPSA) is 106 Å². The highest BCUT2D eigenvalue weighted by Crippen LogP contribution is 2.34. The highest BCUT2D eigenvalue weighted by molar-refractivity contribution is 5.98. The average molecular weight is 484 g/mol. The molecule has 1 atom stereocenters. The third-order valence-corrected chi connectivity index (χ3v) is 6.81. The van der Waals surface area contributed by atoms with Crippen LogP contribution in [0.15, 0.2) is 73.4 Å². The van der Waals surface area contributed by atoms with Crippen LogP contribution in [0.2, 0.25) is 0 Å². The normalized spacial score (nSPS) is 15.1. The summed E-state index contributed by atoms with van der Waals surface area (Å²) in [5, 5.41) is 3.17. The third kappa shape index (κ3) is 4.37. The molecule has 1 fully saturated rings. The smallest absolute Gasteiger partial charge is 0.269 e. The number of imidazole rings is 1. The number of hydrogen-bond donors (Lipinski definition) is 2. The second-order valence-electron chi connectivity index (χ2n) is 9.12. The standard InChI is InChI=1S/C28H29N5O3/c1-3-18(2)28(35)32-15-13-19(14-16-32)23-17-30-33-25(26(29)34)24(31-27(23)33)20-9-11-22(12-10-20)36-21-7-5-4-6-8-21/h3-12,17-19,30H,1,13-16H2,2H3,(H2,29,34). The molecule has 5 rings (SSSR count). The molecule has 0 bridgehead atoms. The molecule has 2 aromatic heterocycles. The first-order valence-electron chi connectivity index (χ1n) is 12.1. The number of nitrogens with two attached hydrogens (primary N) is 1. The number of benzene rings is 2. The minimum Gasteiger partial charge on any atom is -0.457 e. The molecule has 2 amide bonds. The van der Waals surface area contributed by atoms with Crippen molar-refractivity contribution < 1.29 is 14.3 Å². The fourth-order valence-corrected chi connectivity index (χ4v) is 4.77. The number of ether oxygens (including phenoxy) is 1. The van der Waals surface area contributed by atoms with Gasteiger partial charge in [0.25, 0.3) is 5.91 Å². The number of nitrogens with one attached hydrogen (secondary N) is 1. The number of amides is 2. The van der Waals surface area contributed by atoms with Gasteiger partial charge in [0.2, 0.25) is 5.91 Å². The van der Waals surface area contributed by atoms with E-state index in [-0.39, 0.29) is 17.7 Å². The maximum absolute atomic E-state index is 12.5. The molecule has 0 radical (unpaired) electrons. The molecule has 4 aromatic rings. The number of piperidine rings is 1. The van der Waals surface area contributed by atoms with Crippen molar-refractivity contribution in [3.8, 4) is 22.8 Å². The SMILES string of the molecule is C=CC(C)C(=O)N1CCC(c2c[nH]n3c(C(N)=O)c(-c4ccc(Oc5ccccc5)cc4)nc23)CC1. The number of aromatic nitrogens is 3. The highest BCUT2D eigenvalue weighted by atomic mass is 16.5. The fourth-order valence-electron chi connectivity index (χ4n) is 4.77. The van der Waals surface area contributed by atoms with E-state index in [4.69, 9.17) is 15.5 Å². The van der Waals surface area contributed by atoms with Crippen LogP contribution >= 0.6 is 0 Å². The van der Waals surface area contributed by atoms with Crippen LogP contribution in [0.4, 0.5) is 0 Å². The van der Waals surface area contributed by atoms with E-state index >= 15 is 0 Å². The third-order valence-electron chi connectivity index (χ3n) is 6.81. The lowest BCUT2D eigenvalue weighted by Crippen LogP contribution is -2.40. The van der Waals surface area contributed by atoms with Gasteiger partial charge >= 0.3 is 0 Å². The molecule has 0 aliphatic carbocycles. The fraction of sp³-hybridized carbons (Fsp3) is 0.250. The Labute approximate surface area is 209 Å². The molecule has 3 N–H and O–H groups in total. The summed E-state index contributed by atoms with van der Waals surface area (Å²) in [5.74, 6) is 1.02. The predicted molar refractivity (Wildman–Crippen MR) is 138 cm³/mol. The van der Waals surface area contributed by atoms with Crippen LogP contribution in [0.5, 0.6) is 11.5 Å².